The van der Waals surface area contributed by atoms with Crippen LogP contribution < -0.4 is 15.0 Å². The lowest BCUT2D eigenvalue weighted by molar-refractivity contribution is -0.113. The Kier molecular flexibility index (Phi) is 4.33. The van der Waals surface area contributed by atoms with Crippen molar-refractivity contribution in [3.8, 4) is 11.4 Å². The van der Waals surface area contributed by atoms with Crippen LogP contribution in [-0.4, -0.2) is 27.0 Å². The molecule has 144 valence electrons. The minimum absolute atomic E-state index is 0.136. The first-order chi connectivity index (χ1) is 14.1. The zero-order valence-electron chi connectivity index (χ0n) is 15.4. The van der Waals surface area contributed by atoms with Gasteiger partial charge in [0.1, 0.15) is 4.53 Å². The van der Waals surface area contributed by atoms with E-state index < -0.39 is 0 Å². The Bertz CT molecular complexity index is 1370. The molecule has 0 atom stereocenters. The molecule has 8 heteroatoms. The van der Waals surface area contributed by atoms with Gasteiger partial charge in [0.25, 0.3) is 11.5 Å². The van der Waals surface area contributed by atoms with Crippen LogP contribution in [0, 0.1) is 0 Å². The molecule has 2 aromatic heterocycles. The van der Waals surface area contributed by atoms with Gasteiger partial charge in [-0.2, -0.15) is 9.50 Å². The van der Waals surface area contributed by atoms with Crippen molar-refractivity contribution in [3.05, 3.63) is 73.5 Å². The molecule has 2 aromatic carbocycles. The minimum Gasteiger partial charge on any atom is -0.308 e. The van der Waals surface area contributed by atoms with E-state index in [2.05, 4.69) is 26.0 Å². The van der Waals surface area contributed by atoms with Crippen LogP contribution >= 0.6 is 27.3 Å². The number of hydrogen-bond acceptors (Lipinski definition) is 5. The number of halogens is 1. The van der Waals surface area contributed by atoms with E-state index in [0.29, 0.717) is 27.4 Å². The lowest BCUT2D eigenvalue weighted by atomic mass is 10.1. The van der Waals surface area contributed by atoms with Gasteiger partial charge in [-0.3, -0.25) is 9.59 Å². The summed E-state index contributed by atoms with van der Waals surface area (Å²) >= 11 is 4.62. The van der Waals surface area contributed by atoms with Crippen molar-refractivity contribution in [1.82, 2.24) is 14.6 Å². The van der Waals surface area contributed by atoms with Gasteiger partial charge >= 0.3 is 0 Å². The summed E-state index contributed by atoms with van der Waals surface area (Å²) in [4.78, 5) is 33.0. The minimum atomic E-state index is -0.308. The van der Waals surface area contributed by atoms with Crippen molar-refractivity contribution in [2.24, 2.45) is 0 Å². The third-order valence-electron chi connectivity index (χ3n) is 4.86. The normalized spacial score (nSPS) is 15.4. The first-order valence-electron chi connectivity index (χ1n) is 9.19. The lowest BCUT2D eigenvalue weighted by Crippen LogP contribution is -2.32. The van der Waals surface area contributed by atoms with Crippen LogP contribution in [0.1, 0.15) is 18.9 Å². The van der Waals surface area contributed by atoms with Crippen molar-refractivity contribution in [2.75, 3.05) is 11.4 Å². The fourth-order valence-electron chi connectivity index (χ4n) is 3.55. The molecular weight excluding hydrogens is 452 g/mol. The van der Waals surface area contributed by atoms with Crippen LogP contribution in [0.4, 0.5) is 5.69 Å². The Labute approximate surface area is 178 Å². The molecule has 0 spiro atoms. The van der Waals surface area contributed by atoms with Gasteiger partial charge in [0.2, 0.25) is 4.96 Å². The number of anilines is 1. The summed E-state index contributed by atoms with van der Waals surface area (Å²) in [7, 11) is 0. The maximum absolute atomic E-state index is 13.1. The molecular formula is C21H15BrN4O2S. The molecule has 1 amide bonds. The highest BCUT2D eigenvalue weighted by molar-refractivity contribution is 9.10. The number of para-hydroxylation sites is 1. The van der Waals surface area contributed by atoms with Crippen molar-refractivity contribution in [2.45, 2.75) is 13.3 Å². The number of nitrogens with zero attached hydrogens (tertiary/aromatic N) is 4. The van der Waals surface area contributed by atoms with Gasteiger partial charge in [-0.05, 0) is 24.6 Å². The number of amides is 1. The zero-order chi connectivity index (χ0) is 20.1. The van der Waals surface area contributed by atoms with E-state index >= 15 is 0 Å². The number of hydrogen-bond donors (Lipinski definition) is 0. The van der Waals surface area contributed by atoms with Gasteiger partial charge in [0.05, 0.1) is 11.3 Å². The summed E-state index contributed by atoms with van der Waals surface area (Å²) in [6, 6.07) is 15.2. The second-order valence-electron chi connectivity index (χ2n) is 6.72. The average molecular weight is 467 g/mol. The van der Waals surface area contributed by atoms with E-state index in [9.17, 15) is 9.59 Å². The van der Waals surface area contributed by atoms with Gasteiger partial charge in [0.15, 0.2) is 5.82 Å². The summed E-state index contributed by atoms with van der Waals surface area (Å²) < 4.78 is 2.64. The van der Waals surface area contributed by atoms with Crippen molar-refractivity contribution >= 4 is 49.4 Å². The van der Waals surface area contributed by atoms with Crippen LogP contribution in [-0.2, 0) is 4.79 Å². The molecule has 0 aliphatic carbocycles. The molecule has 4 aromatic rings. The zero-order valence-corrected chi connectivity index (χ0v) is 17.8. The van der Waals surface area contributed by atoms with Crippen LogP contribution in [0.5, 0.6) is 0 Å². The lowest BCUT2D eigenvalue weighted by Gasteiger charge is -2.15. The maximum Gasteiger partial charge on any atom is 0.291 e. The van der Waals surface area contributed by atoms with Gasteiger partial charge in [-0.1, -0.05) is 64.5 Å². The highest BCUT2D eigenvalue weighted by Crippen LogP contribution is 2.35. The topological polar surface area (TPSA) is 67.6 Å². The number of rotatable bonds is 3. The molecule has 0 saturated heterocycles. The average Bonchev–Trinajstić information content (AvgIpc) is 3.35. The van der Waals surface area contributed by atoms with E-state index in [1.807, 2.05) is 55.5 Å². The molecule has 3 heterocycles. The molecule has 0 saturated carbocycles. The van der Waals surface area contributed by atoms with E-state index in [-0.39, 0.29) is 11.5 Å². The van der Waals surface area contributed by atoms with E-state index in [4.69, 9.17) is 0 Å². The van der Waals surface area contributed by atoms with Crippen molar-refractivity contribution in [3.63, 3.8) is 0 Å². The molecule has 29 heavy (non-hydrogen) atoms. The highest BCUT2D eigenvalue weighted by Gasteiger charge is 2.33. The molecule has 1 aliphatic rings. The van der Waals surface area contributed by atoms with Gasteiger partial charge < -0.3 is 4.90 Å². The molecule has 0 radical (unpaired) electrons. The second kappa shape index (κ2) is 6.89. The highest BCUT2D eigenvalue weighted by atomic mass is 79.9. The summed E-state index contributed by atoms with van der Waals surface area (Å²) in [5.74, 6) is 0.353. The Hall–Kier alpha value is -2.84. The van der Waals surface area contributed by atoms with Gasteiger partial charge in [-0.25, -0.2) is 0 Å². The summed E-state index contributed by atoms with van der Waals surface area (Å²) in [6.07, 6.45) is 0.837. The predicted octanol–water partition coefficient (Wildman–Crippen LogP) is 3.26. The largest absolute Gasteiger partial charge is 0.308 e. The second-order valence-corrected chi connectivity index (χ2v) is 8.62. The first kappa shape index (κ1) is 18.2. The Balaban J connectivity index is 1.71. The fraction of sp³-hybridized carbons (Fsp3) is 0.143. The number of carbonyl (C=O) groups excluding carboxylic acids is 1. The van der Waals surface area contributed by atoms with Crippen LogP contribution in [0.2, 0.25) is 0 Å². The molecule has 0 bridgehead atoms. The van der Waals surface area contributed by atoms with E-state index in [0.717, 1.165) is 27.7 Å². The Morgan fingerprint density at radius 3 is 2.55 bits per heavy atom. The van der Waals surface area contributed by atoms with E-state index in [1.54, 1.807) is 4.90 Å². The van der Waals surface area contributed by atoms with Gasteiger partial charge in [-0.15, -0.1) is 5.10 Å². The molecule has 0 unspecified atom stereocenters. The summed E-state index contributed by atoms with van der Waals surface area (Å²) in [6.45, 7) is 2.64. The Morgan fingerprint density at radius 1 is 1.07 bits per heavy atom. The van der Waals surface area contributed by atoms with E-state index in [1.165, 1.54) is 15.9 Å². The molecule has 5 rings (SSSR count). The molecule has 1 aliphatic heterocycles. The SMILES string of the molecule is CCCN1C(=O)C(=c2sc3nc(-c4ccc(Br)cc4)nn3c2=O)c2ccccc21. The standard InChI is InChI=1S/C21H15BrN4O2S/c1-2-11-25-15-6-4-3-5-14(15)16(19(25)27)17-20(28)26-21(29-17)23-18(24-26)12-7-9-13(22)10-8-12/h3-10H,2,11H2,1H3. The third kappa shape index (κ3) is 2.82. The fourth-order valence-corrected chi connectivity index (χ4v) is 4.81. The molecule has 0 fully saturated rings. The van der Waals surface area contributed by atoms with Crippen molar-refractivity contribution < 1.29 is 4.79 Å². The van der Waals surface area contributed by atoms with Crippen molar-refractivity contribution in [1.29, 1.82) is 0 Å². The number of benzene rings is 2. The number of carbonyl (C=O) groups is 1. The first-order valence-corrected chi connectivity index (χ1v) is 10.8. The van der Waals surface area contributed by atoms with Crippen LogP contribution in [0.3, 0.4) is 0 Å². The molecule has 0 N–H and O–H groups in total. The number of thiazole rings is 1. The molecule has 6 nitrogen and oxygen atoms in total. The van der Waals surface area contributed by atoms with Crippen LogP contribution in [0.25, 0.3) is 21.9 Å². The number of fused-ring (bicyclic) bond motifs is 2. The Morgan fingerprint density at radius 2 is 1.83 bits per heavy atom. The number of aromatic nitrogens is 3. The third-order valence-corrected chi connectivity index (χ3v) is 6.42. The van der Waals surface area contributed by atoms with Crippen LogP contribution in [0.15, 0.2) is 57.8 Å². The smallest absolute Gasteiger partial charge is 0.291 e. The van der Waals surface area contributed by atoms with Gasteiger partial charge in [0, 0.05) is 22.1 Å². The quantitative estimate of drug-likeness (QED) is 0.464. The summed E-state index contributed by atoms with van der Waals surface area (Å²) in [5, 5.41) is 4.39. The monoisotopic (exact) mass is 466 g/mol. The predicted molar refractivity (Wildman–Crippen MR) is 117 cm³/mol. The summed E-state index contributed by atoms with van der Waals surface area (Å²) in [5.41, 5.74) is 2.61. The maximum atomic E-state index is 13.1.